The molecule has 0 bridgehead atoms. The zero-order chi connectivity index (χ0) is 14.9. The summed E-state index contributed by atoms with van der Waals surface area (Å²) in [5.74, 6) is -0.304. The smallest absolute Gasteiger partial charge is 0.123 e. The molecule has 2 heteroatoms. The maximum Gasteiger partial charge on any atom is 0.123 e. The maximum atomic E-state index is 13.3. The van der Waals surface area contributed by atoms with Crippen LogP contribution in [0.1, 0.15) is 39.5 Å². The molecular weight excluding hydrogens is 251 g/mol. The Morgan fingerprint density at radius 2 is 1.55 bits per heavy atom. The second-order valence-electron chi connectivity index (χ2n) is 5.60. The SMILES string of the molecule is Cc1cc(C)c(CC(O)c2cc(F)ccc2C)c(C)c1. The predicted octanol–water partition coefficient (Wildman–Crippen LogP) is 4.34. The van der Waals surface area contributed by atoms with E-state index in [4.69, 9.17) is 0 Å². The summed E-state index contributed by atoms with van der Waals surface area (Å²) in [4.78, 5) is 0. The average molecular weight is 272 g/mol. The fourth-order valence-electron chi connectivity index (χ4n) is 2.81. The van der Waals surface area contributed by atoms with Gasteiger partial charge in [-0.05, 0) is 67.6 Å². The first-order chi connectivity index (χ1) is 9.38. The molecule has 0 aliphatic heterocycles. The van der Waals surface area contributed by atoms with E-state index >= 15 is 0 Å². The Morgan fingerprint density at radius 1 is 0.950 bits per heavy atom. The van der Waals surface area contributed by atoms with Crippen molar-refractivity contribution in [1.29, 1.82) is 0 Å². The number of benzene rings is 2. The van der Waals surface area contributed by atoms with E-state index in [1.165, 1.54) is 28.8 Å². The fourth-order valence-corrected chi connectivity index (χ4v) is 2.81. The Balaban J connectivity index is 2.32. The average Bonchev–Trinajstić information content (AvgIpc) is 2.36. The van der Waals surface area contributed by atoms with Crippen LogP contribution in [0.25, 0.3) is 0 Å². The number of aliphatic hydroxyl groups is 1. The molecule has 0 aliphatic carbocycles. The molecule has 0 saturated carbocycles. The number of halogens is 1. The van der Waals surface area contributed by atoms with Gasteiger partial charge in [0.05, 0.1) is 6.10 Å². The van der Waals surface area contributed by atoms with Gasteiger partial charge in [-0.15, -0.1) is 0 Å². The van der Waals surface area contributed by atoms with Crippen molar-refractivity contribution in [3.05, 3.63) is 69.5 Å². The second-order valence-corrected chi connectivity index (χ2v) is 5.60. The summed E-state index contributed by atoms with van der Waals surface area (Å²) in [6.07, 6.45) is -0.159. The largest absolute Gasteiger partial charge is 0.388 e. The van der Waals surface area contributed by atoms with E-state index in [1.807, 2.05) is 6.92 Å². The van der Waals surface area contributed by atoms with E-state index < -0.39 is 6.10 Å². The molecule has 1 unspecified atom stereocenters. The molecule has 106 valence electrons. The zero-order valence-electron chi connectivity index (χ0n) is 12.5. The molecule has 2 rings (SSSR count). The molecule has 0 spiro atoms. The van der Waals surface area contributed by atoms with Crippen LogP contribution in [-0.2, 0) is 6.42 Å². The van der Waals surface area contributed by atoms with Gasteiger partial charge in [0, 0.05) is 6.42 Å². The van der Waals surface area contributed by atoms with Crippen LogP contribution < -0.4 is 0 Å². The quantitative estimate of drug-likeness (QED) is 0.881. The summed E-state index contributed by atoms with van der Waals surface area (Å²) >= 11 is 0. The number of hydrogen-bond acceptors (Lipinski definition) is 1. The molecule has 1 N–H and O–H groups in total. The lowest BCUT2D eigenvalue weighted by Crippen LogP contribution is -2.07. The van der Waals surface area contributed by atoms with Crippen molar-refractivity contribution in [2.45, 2.75) is 40.2 Å². The molecule has 20 heavy (non-hydrogen) atoms. The van der Waals surface area contributed by atoms with Gasteiger partial charge in [0.2, 0.25) is 0 Å². The van der Waals surface area contributed by atoms with Crippen LogP contribution in [0.3, 0.4) is 0 Å². The molecule has 0 fully saturated rings. The first-order valence-electron chi connectivity index (χ1n) is 6.89. The van der Waals surface area contributed by atoms with Crippen LogP contribution >= 0.6 is 0 Å². The lowest BCUT2D eigenvalue weighted by Gasteiger charge is -2.17. The number of rotatable bonds is 3. The second kappa shape index (κ2) is 5.76. The number of aliphatic hydroxyl groups excluding tert-OH is 1. The Labute approximate surface area is 120 Å². The minimum atomic E-state index is -0.675. The predicted molar refractivity (Wildman–Crippen MR) is 80.5 cm³/mol. The lowest BCUT2D eigenvalue weighted by molar-refractivity contribution is 0.177. The van der Waals surface area contributed by atoms with Crippen molar-refractivity contribution in [3.8, 4) is 0 Å². The molecule has 2 aromatic rings. The Morgan fingerprint density at radius 3 is 2.15 bits per heavy atom. The highest BCUT2D eigenvalue weighted by Gasteiger charge is 2.15. The van der Waals surface area contributed by atoms with Gasteiger partial charge >= 0.3 is 0 Å². The summed E-state index contributed by atoms with van der Waals surface area (Å²) in [6.45, 7) is 8.07. The topological polar surface area (TPSA) is 20.2 Å². The maximum absolute atomic E-state index is 13.3. The van der Waals surface area contributed by atoms with E-state index in [9.17, 15) is 9.50 Å². The molecule has 0 radical (unpaired) electrons. The zero-order valence-corrected chi connectivity index (χ0v) is 12.5. The summed E-state index contributed by atoms with van der Waals surface area (Å²) in [6, 6.07) is 8.80. The van der Waals surface area contributed by atoms with Crippen LogP contribution in [0.15, 0.2) is 30.3 Å². The molecule has 0 aliphatic rings. The van der Waals surface area contributed by atoms with Crippen LogP contribution in [0, 0.1) is 33.5 Å². The van der Waals surface area contributed by atoms with Crippen molar-refractivity contribution in [1.82, 2.24) is 0 Å². The van der Waals surface area contributed by atoms with Gasteiger partial charge in [0.1, 0.15) is 5.82 Å². The van der Waals surface area contributed by atoms with Crippen molar-refractivity contribution >= 4 is 0 Å². The van der Waals surface area contributed by atoms with Gasteiger partial charge in [-0.3, -0.25) is 0 Å². The molecular formula is C18H21FO. The van der Waals surface area contributed by atoms with Gasteiger partial charge in [0.15, 0.2) is 0 Å². The number of aryl methyl sites for hydroxylation is 4. The Bertz CT molecular complexity index is 608. The normalized spacial score (nSPS) is 12.5. The van der Waals surface area contributed by atoms with Crippen LogP contribution in [0.5, 0.6) is 0 Å². The van der Waals surface area contributed by atoms with Crippen molar-refractivity contribution in [2.24, 2.45) is 0 Å². The van der Waals surface area contributed by atoms with Crippen molar-refractivity contribution in [2.75, 3.05) is 0 Å². The minimum absolute atomic E-state index is 0.304. The van der Waals surface area contributed by atoms with E-state index in [1.54, 1.807) is 6.07 Å². The van der Waals surface area contributed by atoms with E-state index in [0.717, 1.165) is 11.1 Å². The standard InChI is InChI=1S/C18H21FO/c1-11-7-13(3)16(14(4)8-11)10-18(20)17-9-15(19)6-5-12(17)2/h5-9,18,20H,10H2,1-4H3. The summed E-state index contributed by atoms with van der Waals surface area (Å²) in [7, 11) is 0. The highest BCUT2D eigenvalue weighted by Crippen LogP contribution is 2.26. The van der Waals surface area contributed by atoms with Crippen molar-refractivity contribution in [3.63, 3.8) is 0 Å². The van der Waals surface area contributed by atoms with Crippen LogP contribution in [-0.4, -0.2) is 5.11 Å². The summed E-state index contributed by atoms with van der Waals surface area (Å²) in [5, 5.41) is 10.4. The summed E-state index contributed by atoms with van der Waals surface area (Å²) < 4.78 is 13.3. The fraction of sp³-hybridized carbons (Fsp3) is 0.333. The van der Waals surface area contributed by atoms with Crippen molar-refractivity contribution < 1.29 is 9.50 Å². The molecule has 1 nitrogen and oxygen atoms in total. The van der Waals surface area contributed by atoms with Crippen LogP contribution in [0.2, 0.25) is 0 Å². The molecule has 0 heterocycles. The van der Waals surface area contributed by atoms with Gasteiger partial charge < -0.3 is 5.11 Å². The first-order valence-corrected chi connectivity index (χ1v) is 6.89. The third-order valence-electron chi connectivity index (χ3n) is 3.84. The van der Waals surface area contributed by atoms with Crippen LogP contribution in [0.4, 0.5) is 4.39 Å². The van der Waals surface area contributed by atoms with E-state index in [-0.39, 0.29) is 5.82 Å². The highest BCUT2D eigenvalue weighted by molar-refractivity contribution is 5.39. The van der Waals surface area contributed by atoms with Gasteiger partial charge in [-0.25, -0.2) is 4.39 Å². The van der Waals surface area contributed by atoms with Gasteiger partial charge in [0.25, 0.3) is 0 Å². The molecule has 0 saturated heterocycles. The number of hydrogen-bond donors (Lipinski definition) is 1. The molecule has 0 aromatic heterocycles. The first kappa shape index (κ1) is 14.7. The third kappa shape index (κ3) is 3.07. The summed E-state index contributed by atoms with van der Waals surface area (Å²) in [5.41, 5.74) is 6.31. The Hall–Kier alpha value is -1.67. The molecule has 1 atom stereocenters. The lowest BCUT2D eigenvalue weighted by atomic mass is 9.91. The van der Waals surface area contributed by atoms with E-state index in [0.29, 0.717) is 12.0 Å². The molecule has 2 aromatic carbocycles. The van der Waals surface area contributed by atoms with Gasteiger partial charge in [-0.1, -0.05) is 23.8 Å². The monoisotopic (exact) mass is 272 g/mol. The van der Waals surface area contributed by atoms with Gasteiger partial charge in [-0.2, -0.15) is 0 Å². The minimum Gasteiger partial charge on any atom is -0.388 e. The third-order valence-corrected chi connectivity index (χ3v) is 3.84. The Kier molecular flexibility index (Phi) is 4.24. The molecule has 0 amide bonds. The highest BCUT2D eigenvalue weighted by atomic mass is 19.1. The van der Waals surface area contributed by atoms with E-state index in [2.05, 4.69) is 32.9 Å².